The van der Waals surface area contributed by atoms with Gasteiger partial charge in [-0.2, -0.15) is 0 Å². The molecule has 0 radical (unpaired) electrons. The molecule has 0 spiro atoms. The molecule has 1 amide bonds. The highest BCUT2D eigenvalue weighted by atomic mass is 32.2. The molecule has 0 N–H and O–H groups in total. The minimum atomic E-state index is -0.333. The summed E-state index contributed by atoms with van der Waals surface area (Å²) >= 11 is 1.18. The number of anilines is 2. The van der Waals surface area contributed by atoms with Gasteiger partial charge in [0.15, 0.2) is 5.12 Å². The van der Waals surface area contributed by atoms with Gasteiger partial charge in [-0.25, -0.2) is 4.39 Å². The van der Waals surface area contributed by atoms with Crippen molar-refractivity contribution in [3.8, 4) is 0 Å². The van der Waals surface area contributed by atoms with E-state index in [1.807, 2.05) is 4.90 Å². The number of benzene rings is 1. The topological polar surface area (TPSA) is 49.9 Å². The molecule has 1 aromatic carbocycles. The Bertz CT molecular complexity index is 619. The fourth-order valence-electron chi connectivity index (χ4n) is 2.96. The van der Waals surface area contributed by atoms with Crippen molar-refractivity contribution < 1.29 is 18.7 Å². The maximum atomic E-state index is 14.4. The van der Waals surface area contributed by atoms with Gasteiger partial charge in [-0.3, -0.25) is 9.59 Å². The summed E-state index contributed by atoms with van der Waals surface area (Å²) in [6.07, 6.45) is 0.317. The monoisotopic (exact) mass is 338 g/mol. The molecule has 2 fully saturated rings. The van der Waals surface area contributed by atoms with Crippen molar-refractivity contribution in [2.24, 2.45) is 0 Å². The SMILES string of the molecule is CC(=O)SC1CC(=O)N(c2ccc(N3CCOCC3)c(F)c2)C1. The summed E-state index contributed by atoms with van der Waals surface area (Å²) in [7, 11) is 0. The van der Waals surface area contributed by atoms with Crippen LogP contribution >= 0.6 is 11.8 Å². The zero-order valence-electron chi connectivity index (χ0n) is 13.0. The lowest BCUT2D eigenvalue weighted by molar-refractivity contribution is -0.117. The minimum Gasteiger partial charge on any atom is -0.378 e. The highest BCUT2D eigenvalue weighted by Gasteiger charge is 2.32. The Labute approximate surface area is 138 Å². The Balaban J connectivity index is 1.75. The second kappa shape index (κ2) is 6.88. The quantitative estimate of drug-likeness (QED) is 0.844. The Kier molecular flexibility index (Phi) is 4.87. The van der Waals surface area contributed by atoms with Crippen LogP contribution in [0.25, 0.3) is 0 Å². The van der Waals surface area contributed by atoms with Gasteiger partial charge in [-0.15, -0.1) is 0 Å². The van der Waals surface area contributed by atoms with Crippen molar-refractivity contribution in [2.45, 2.75) is 18.6 Å². The molecule has 2 aliphatic heterocycles. The van der Waals surface area contributed by atoms with Crippen LogP contribution in [0.1, 0.15) is 13.3 Å². The second-order valence-corrected chi connectivity index (χ2v) is 7.15. The maximum Gasteiger partial charge on any atom is 0.228 e. The van der Waals surface area contributed by atoms with Crippen molar-refractivity contribution in [1.82, 2.24) is 0 Å². The van der Waals surface area contributed by atoms with Gasteiger partial charge in [-0.1, -0.05) is 11.8 Å². The first-order chi connectivity index (χ1) is 11.0. The predicted molar refractivity (Wildman–Crippen MR) is 88.5 cm³/mol. The van der Waals surface area contributed by atoms with E-state index in [0.29, 0.717) is 50.6 Å². The van der Waals surface area contributed by atoms with Gasteiger partial charge in [0, 0.05) is 43.9 Å². The van der Waals surface area contributed by atoms with Gasteiger partial charge in [0.05, 0.1) is 18.9 Å². The fourth-order valence-corrected chi connectivity index (χ4v) is 3.88. The molecule has 1 aromatic rings. The molecule has 5 nitrogen and oxygen atoms in total. The van der Waals surface area contributed by atoms with E-state index in [1.54, 1.807) is 17.0 Å². The molecular weight excluding hydrogens is 319 g/mol. The van der Waals surface area contributed by atoms with E-state index in [9.17, 15) is 14.0 Å². The first-order valence-electron chi connectivity index (χ1n) is 7.64. The standard InChI is InChI=1S/C16H19FN2O3S/c1-11(20)23-13-9-16(21)19(10-13)12-2-3-15(14(17)8-12)18-4-6-22-7-5-18/h2-3,8,13H,4-7,9-10H2,1H3. The summed E-state index contributed by atoms with van der Waals surface area (Å²) in [6.45, 7) is 4.45. The number of nitrogens with zero attached hydrogens (tertiary/aromatic N) is 2. The molecule has 2 aliphatic rings. The highest BCUT2D eigenvalue weighted by molar-refractivity contribution is 8.14. The van der Waals surface area contributed by atoms with E-state index in [2.05, 4.69) is 0 Å². The number of hydrogen-bond acceptors (Lipinski definition) is 5. The summed E-state index contributed by atoms with van der Waals surface area (Å²) in [5.41, 5.74) is 1.09. The number of carbonyl (C=O) groups excluding carboxylic acids is 2. The van der Waals surface area contributed by atoms with Crippen molar-refractivity contribution in [3.63, 3.8) is 0 Å². The first-order valence-corrected chi connectivity index (χ1v) is 8.52. The summed E-state index contributed by atoms with van der Waals surface area (Å²) in [5, 5.41) is -0.0551. The minimum absolute atomic E-state index is 0.00139. The van der Waals surface area contributed by atoms with Crippen molar-refractivity contribution in [1.29, 1.82) is 0 Å². The number of morpholine rings is 1. The van der Waals surface area contributed by atoms with Crippen molar-refractivity contribution in [2.75, 3.05) is 42.6 Å². The Morgan fingerprint density at radius 1 is 1.35 bits per heavy atom. The number of hydrogen-bond donors (Lipinski definition) is 0. The van der Waals surface area contributed by atoms with Crippen LogP contribution in [0.4, 0.5) is 15.8 Å². The van der Waals surface area contributed by atoms with Gasteiger partial charge >= 0.3 is 0 Å². The van der Waals surface area contributed by atoms with E-state index in [4.69, 9.17) is 4.74 Å². The van der Waals surface area contributed by atoms with Crippen LogP contribution in [-0.4, -0.2) is 49.1 Å². The van der Waals surface area contributed by atoms with E-state index in [-0.39, 0.29) is 22.1 Å². The summed E-state index contributed by atoms with van der Waals surface area (Å²) in [6, 6.07) is 4.89. The molecule has 0 aromatic heterocycles. The lowest BCUT2D eigenvalue weighted by Crippen LogP contribution is -2.36. The van der Waals surface area contributed by atoms with Gasteiger partial charge in [0.25, 0.3) is 0 Å². The van der Waals surface area contributed by atoms with Crippen LogP contribution in [0.15, 0.2) is 18.2 Å². The number of amides is 1. The molecule has 2 heterocycles. The predicted octanol–water partition coefficient (Wildman–Crippen LogP) is 2.05. The first kappa shape index (κ1) is 16.3. The van der Waals surface area contributed by atoms with Crippen LogP contribution in [0.3, 0.4) is 0 Å². The average molecular weight is 338 g/mol. The summed E-state index contributed by atoms with van der Waals surface area (Å²) in [4.78, 5) is 26.8. The van der Waals surface area contributed by atoms with Gasteiger partial charge < -0.3 is 14.5 Å². The molecule has 1 unspecified atom stereocenters. The Morgan fingerprint density at radius 2 is 2.09 bits per heavy atom. The van der Waals surface area contributed by atoms with Crippen molar-refractivity contribution >= 4 is 34.2 Å². The lowest BCUT2D eigenvalue weighted by Gasteiger charge is -2.29. The van der Waals surface area contributed by atoms with Crippen LogP contribution in [0.2, 0.25) is 0 Å². The van der Waals surface area contributed by atoms with Crippen LogP contribution < -0.4 is 9.80 Å². The number of carbonyl (C=O) groups is 2. The smallest absolute Gasteiger partial charge is 0.228 e. The molecule has 0 aliphatic carbocycles. The second-order valence-electron chi connectivity index (χ2n) is 5.68. The van der Waals surface area contributed by atoms with Gasteiger partial charge in [0.2, 0.25) is 5.91 Å². The summed E-state index contributed by atoms with van der Waals surface area (Å²) < 4.78 is 19.7. The van der Waals surface area contributed by atoms with Crippen molar-refractivity contribution in [3.05, 3.63) is 24.0 Å². The summed E-state index contributed by atoms with van der Waals surface area (Å²) in [5.74, 6) is -0.401. The van der Waals surface area contributed by atoms with E-state index >= 15 is 0 Å². The zero-order valence-corrected chi connectivity index (χ0v) is 13.8. The lowest BCUT2D eigenvalue weighted by atomic mass is 10.2. The number of rotatable bonds is 3. The number of thioether (sulfide) groups is 1. The number of ether oxygens (including phenoxy) is 1. The Morgan fingerprint density at radius 3 is 2.74 bits per heavy atom. The van der Waals surface area contributed by atoms with Crippen LogP contribution in [0.5, 0.6) is 0 Å². The Hall–Kier alpha value is -1.60. The van der Waals surface area contributed by atoms with E-state index in [0.717, 1.165) is 0 Å². The molecule has 2 saturated heterocycles. The van der Waals surface area contributed by atoms with Gasteiger partial charge in [-0.05, 0) is 18.2 Å². The molecule has 0 bridgehead atoms. The number of halogens is 1. The van der Waals surface area contributed by atoms with E-state index < -0.39 is 0 Å². The molecule has 23 heavy (non-hydrogen) atoms. The maximum absolute atomic E-state index is 14.4. The normalized spacial score (nSPS) is 21.8. The zero-order chi connectivity index (χ0) is 16.4. The molecule has 0 saturated carbocycles. The molecular formula is C16H19FN2O3S. The third-order valence-corrected chi connectivity index (χ3v) is 5.00. The largest absolute Gasteiger partial charge is 0.378 e. The molecule has 124 valence electrons. The third-order valence-electron chi connectivity index (χ3n) is 4.02. The fraction of sp³-hybridized carbons (Fsp3) is 0.500. The molecule has 3 rings (SSSR count). The van der Waals surface area contributed by atoms with Crippen LogP contribution in [-0.2, 0) is 14.3 Å². The third kappa shape index (κ3) is 3.67. The van der Waals surface area contributed by atoms with Crippen LogP contribution in [0, 0.1) is 5.82 Å². The average Bonchev–Trinajstić information content (AvgIpc) is 2.87. The van der Waals surface area contributed by atoms with Gasteiger partial charge in [0.1, 0.15) is 5.82 Å². The van der Waals surface area contributed by atoms with E-state index in [1.165, 1.54) is 24.8 Å². The highest BCUT2D eigenvalue weighted by Crippen LogP contribution is 2.31. The molecule has 7 heteroatoms. The molecule has 1 atom stereocenters.